The van der Waals surface area contributed by atoms with Crippen molar-refractivity contribution < 1.29 is 14.3 Å². The number of carbonyl (C=O) groups excluding carboxylic acids is 2. The molecule has 10 heteroatoms. The molecular weight excluding hydrogens is 376 g/mol. The molecule has 0 bridgehead atoms. The number of anilines is 1. The van der Waals surface area contributed by atoms with Crippen LogP contribution in [0.3, 0.4) is 0 Å². The summed E-state index contributed by atoms with van der Waals surface area (Å²) in [7, 11) is 2.96. The molecule has 0 aliphatic rings. The smallest absolute Gasteiger partial charge is 0.324 e. The number of rotatable bonds is 7. The number of fused-ring (bicyclic) bond motifs is 1. The number of ether oxygens (including phenoxy) is 1. The normalized spacial score (nSPS) is 11.8. The quantitative estimate of drug-likeness (QED) is 0.413. The molecule has 152 valence electrons. The van der Waals surface area contributed by atoms with Crippen molar-refractivity contribution in [3.63, 3.8) is 0 Å². The van der Waals surface area contributed by atoms with Crippen molar-refractivity contribution in [2.75, 3.05) is 19.0 Å². The third kappa shape index (κ3) is 4.43. The predicted molar refractivity (Wildman–Crippen MR) is 107 cm³/mol. The van der Waals surface area contributed by atoms with Gasteiger partial charge in [-0.2, -0.15) is 0 Å². The maximum atomic E-state index is 12.8. The van der Waals surface area contributed by atoms with Crippen LogP contribution in [0.25, 0.3) is 10.9 Å². The van der Waals surface area contributed by atoms with Gasteiger partial charge in [-0.3, -0.25) is 14.4 Å². The van der Waals surface area contributed by atoms with Crippen LogP contribution in [0.15, 0.2) is 41.6 Å². The molecule has 2 heterocycles. The summed E-state index contributed by atoms with van der Waals surface area (Å²) in [6.07, 6.45) is 4.83. The van der Waals surface area contributed by atoms with Gasteiger partial charge in [-0.1, -0.05) is 6.07 Å². The van der Waals surface area contributed by atoms with Gasteiger partial charge >= 0.3 is 5.97 Å². The Hall–Kier alpha value is -3.66. The number of carbonyl (C=O) groups is 2. The van der Waals surface area contributed by atoms with Gasteiger partial charge in [0, 0.05) is 44.1 Å². The zero-order valence-corrected chi connectivity index (χ0v) is 16.1. The monoisotopic (exact) mass is 398 g/mol. The lowest BCUT2D eigenvalue weighted by atomic mass is 10.1. The van der Waals surface area contributed by atoms with E-state index < -0.39 is 23.3 Å². The highest BCUT2D eigenvalue weighted by Gasteiger charge is 2.18. The minimum absolute atomic E-state index is 0.0291. The number of nitrogens with one attached hydrogen (secondary N) is 3. The van der Waals surface area contributed by atoms with Gasteiger partial charge in [-0.15, -0.1) is 0 Å². The fourth-order valence-electron chi connectivity index (χ4n) is 2.88. The Kier molecular flexibility index (Phi) is 5.93. The van der Waals surface area contributed by atoms with Crippen molar-refractivity contribution in [1.82, 2.24) is 19.9 Å². The van der Waals surface area contributed by atoms with Gasteiger partial charge in [0.2, 0.25) is 5.43 Å². The van der Waals surface area contributed by atoms with Crippen molar-refractivity contribution in [3.8, 4) is 0 Å². The molecular formula is C19H22N6O4. The first kappa shape index (κ1) is 20.1. The number of aromatic nitrogens is 3. The highest BCUT2D eigenvalue weighted by atomic mass is 16.5. The molecule has 2 aromatic heterocycles. The van der Waals surface area contributed by atoms with E-state index in [0.717, 1.165) is 5.56 Å². The predicted octanol–water partition coefficient (Wildman–Crippen LogP) is 0.104. The van der Waals surface area contributed by atoms with E-state index in [2.05, 4.69) is 25.3 Å². The van der Waals surface area contributed by atoms with Crippen LogP contribution in [0.5, 0.6) is 0 Å². The molecule has 0 spiro atoms. The highest BCUT2D eigenvalue weighted by molar-refractivity contribution is 5.97. The molecule has 0 aliphatic heterocycles. The molecule has 29 heavy (non-hydrogen) atoms. The van der Waals surface area contributed by atoms with Crippen molar-refractivity contribution >= 4 is 28.7 Å². The number of aromatic amines is 1. The number of aryl methyl sites for hydroxylation is 1. The maximum Gasteiger partial charge on any atom is 0.324 e. The first-order chi connectivity index (χ1) is 13.9. The average Bonchev–Trinajstić information content (AvgIpc) is 3.25. The van der Waals surface area contributed by atoms with E-state index in [1.807, 2.05) is 12.1 Å². The van der Waals surface area contributed by atoms with Crippen LogP contribution in [-0.2, 0) is 23.1 Å². The van der Waals surface area contributed by atoms with Gasteiger partial charge in [-0.25, -0.2) is 4.98 Å². The molecule has 3 rings (SSSR count). The van der Waals surface area contributed by atoms with Crippen molar-refractivity contribution in [3.05, 3.63) is 58.1 Å². The Labute approximate surface area is 166 Å². The minimum atomic E-state index is -1.00. The third-order valence-electron chi connectivity index (χ3n) is 4.44. The minimum Gasteiger partial charge on any atom is -0.468 e. The topological polar surface area (TPSA) is 144 Å². The first-order valence-corrected chi connectivity index (χ1v) is 8.88. The largest absolute Gasteiger partial charge is 0.468 e. The molecule has 1 atom stereocenters. The fraction of sp³-hybridized carbons (Fsp3) is 0.263. The van der Waals surface area contributed by atoms with Crippen molar-refractivity contribution in [2.45, 2.75) is 12.6 Å². The number of pyridine rings is 1. The Morgan fingerprint density at radius 1 is 1.38 bits per heavy atom. The fourth-order valence-corrected chi connectivity index (χ4v) is 2.88. The number of nitrogens with two attached hydrogens (primary N) is 1. The molecule has 0 aliphatic carbocycles. The summed E-state index contributed by atoms with van der Waals surface area (Å²) in [5, 5.41) is 6.05. The number of amides is 1. The summed E-state index contributed by atoms with van der Waals surface area (Å²) < 4.78 is 6.22. The van der Waals surface area contributed by atoms with Gasteiger partial charge in [0.15, 0.2) is 5.95 Å². The highest BCUT2D eigenvalue weighted by Crippen LogP contribution is 2.15. The molecule has 5 N–H and O–H groups in total. The number of methoxy groups -OCH3 is 1. The Morgan fingerprint density at radius 3 is 2.86 bits per heavy atom. The van der Waals surface area contributed by atoms with E-state index in [1.165, 1.54) is 13.3 Å². The molecule has 3 aromatic rings. The Balaban J connectivity index is 1.81. The summed E-state index contributed by atoms with van der Waals surface area (Å²) in [6.45, 7) is 0.384. The molecule has 10 nitrogen and oxygen atoms in total. The zero-order valence-electron chi connectivity index (χ0n) is 16.1. The summed E-state index contributed by atoms with van der Waals surface area (Å²) >= 11 is 0. The van der Waals surface area contributed by atoms with Gasteiger partial charge in [0.25, 0.3) is 5.91 Å². The molecule has 0 fully saturated rings. The number of nitrogens with zero attached hydrogens (tertiary/aromatic N) is 2. The maximum absolute atomic E-state index is 12.8. The van der Waals surface area contributed by atoms with Crippen LogP contribution in [0, 0.1) is 0 Å². The Morgan fingerprint density at radius 2 is 2.17 bits per heavy atom. The van der Waals surface area contributed by atoms with E-state index in [0.29, 0.717) is 23.4 Å². The SMILES string of the molecule is COC(=O)[C@@H](N)CNC(=O)c1cn(C)c2cc(CNc3ncc[nH]3)ccc2c1=O. The number of imidazole rings is 1. The summed E-state index contributed by atoms with van der Waals surface area (Å²) in [5.74, 6) is -0.598. The van der Waals surface area contributed by atoms with E-state index in [4.69, 9.17) is 5.73 Å². The lowest BCUT2D eigenvalue weighted by molar-refractivity contribution is -0.141. The second-order valence-corrected chi connectivity index (χ2v) is 6.47. The molecule has 0 radical (unpaired) electrons. The van der Waals surface area contributed by atoms with Gasteiger partial charge in [-0.05, 0) is 17.7 Å². The lowest BCUT2D eigenvalue weighted by Crippen LogP contribution is -2.44. The third-order valence-corrected chi connectivity index (χ3v) is 4.44. The van der Waals surface area contributed by atoms with Crippen LogP contribution in [0.4, 0.5) is 5.95 Å². The van der Waals surface area contributed by atoms with Gasteiger partial charge in [0.05, 0.1) is 12.6 Å². The van der Waals surface area contributed by atoms with Crippen LogP contribution in [0.2, 0.25) is 0 Å². The van der Waals surface area contributed by atoms with Crippen molar-refractivity contribution in [2.24, 2.45) is 12.8 Å². The average molecular weight is 398 g/mol. The second kappa shape index (κ2) is 8.57. The lowest BCUT2D eigenvalue weighted by Gasteiger charge is -2.13. The molecule has 1 aromatic carbocycles. The second-order valence-electron chi connectivity index (χ2n) is 6.47. The standard InChI is InChI=1S/C19H22N6O4/c1-25-10-13(17(27)23-9-14(20)18(28)29-2)16(26)12-4-3-11(7-15(12)25)8-24-19-21-5-6-22-19/h3-7,10,14H,8-9,20H2,1-2H3,(H,23,27)(H2,21,22,24)/t14-/m0/s1. The van der Waals surface area contributed by atoms with Crippen LogP contribution >= 0.6 is 0 Å². The number of hydrogen-bond acceptors (Lipinski definition) is 7. The van der Waals surface area contributed by atoms with Gasteiger partial charge < -0.3 is 30.7 Å². The number of esters is 1. The number of H-pyrrole nitrogens is 1. The molecule has 0 saturated carbocycles. The van der Waals surface area contributed by atoms with Crippen LogP contribution in [-0.4, -0.2) is 46.1 Å². The van der Waals surface area contributed by atoms with E-state index in [1.54, 1.807) is 30.1 Å². The zero-order chi connectivity index (χ0) is 21.0. The summed E-state index contributed by atoms with van der Waals surface area (Å²) in [6, 6.07) is 4.38. The molecule has 1 amide bonds. The van der Waals surface area contributed by atoms with Crippen LogP contribution in [0.1, 0.15) is 15.9 Å². The summed E-state index contributed by atoms with van der Waals surface area (Å²) in [5.41, 5.74) is 6.82. The molecule has 0 saturated heterocycles. The Bertz CT molecular complexity index is 1090. The molecule has 0 unspecified atom stereocenters. The summed E-state index contributed by atoms with van der Waals surface area (Å²) in [4.78, 5) is 43.6. The van der Waals surface area contributed by atoms with E-state index in [-0.39, 0.29) is 12.1 Å². The first-order valence-electron chi connectivity index (χ1n) is 8.88. The van der Waals surface area contributed by atoms with Crippen molar-refractivity contribution in [1.29, 1.82) is 0 Å². The van der Waals surface area contributed by atoms with E-state index in [9.17, 15) is 14.4 Å². The van der Waals surface area contributed by atoms with Crippen LogP contribution < -0.4 is 21.8 Å². The number of hydrogen-bond donors (Lipinski definition) is 4. The number of benzene rings is 1. The van der Waals surface area contributed by atoms with Gasteiger partial charge in [0.1, 0.15) is 11.6 Å². The van der Waals surface area contributed by atoms with E-state index >= 15 is 0 Å².